The van der Waals surface area contributed by atoms with Crippen molar-refractivity contribution in [2.45, 2.75) is 70.1 Å². The first kappa shape index (κ1) is 25.2. The molecular weight excluding hydrogens is 470 g/mol. The van der Waals surface area contributed by atoms with E-state index in [4.69, 9.17) is 0 Å². The van der Waals surface area contributed by atoms with Gasteiger partial charge in [0.2, 0.25) is 0 Å². The largest absolute Gasteiger partial charge is 0.416 e. The van der Waals surface area contributed by atoms with Gasteiger partial charge in [0.1, 0.15) is 12.5 Å². The van der Waals surface area contributed by atoms with Crippen LogP contribution in [0.25, 0.3) is 0 Å². The maximum absolute atomic E-state index is 13.4. The maximum atomic E-state index is 13.4. The molecular formula is C24H29F4N3O2S. The second-order valence-corrected chi connectivity index (χ2v) is 10.2. The van der Waals surface area contributed by atoms with Gasteiger partial charge in [-0.25, -0.2) is 4.39 Å². The number of likely N-dealkylation sites (tertiary alicyclic amines) is 1. The molecule has 2 aliphatic heterocycles. The second kappa shape index (κ2) is 10.8. The molecule has 2 atom stereocenters. The van der Waals surface area contributed by atoms with Gasteiger partial charge in [0.05, 0.1) is 22.6 Å². The van der Waals surface area contributed by atoms with Crippen LogP contribution in [0.5, 0.6) is 0 Å². The maximum Gasteiger partial charge on any atom is 0.416 e. The number of thioether (sulfide) groups is 1. The fourth-order valence-electron chi connectivity index (χ4n) is 4.76. The molecule has 4 rings (SSSR count). The van der Waals surface area contributed by atoms with Crippen LogP contribution in [0.3, 0.4) is 0 Å². The van der Waals surface area contributed by atoms with Gasteiger partial charge in [0.25, 0.3) is 5.24 Å². The molecule has 34 heavy (non-hydrogen) atoms. The Morgan fingerprint density at radius 1 is 1.15 bits per heavy atom. The lowest BCUT2D eigenvalue weighted by atomic mass is 9.93. The van der Waals surface area contributed by atoms with Crippen molar-refractivity contribution in [1.82, 2.24) is 10.2 Å². The van der Waals surface area contributed by atoms with Gasteiger partial charge in [-0.3, -0.25) is 14.7 Å². The predicted octanol–water partition coefficient (Wildman–Crippen LogP) is 5.43. The van der Waals surface area contributed by atoms with Crippen molar-refractivity contribution in [2.75, 3.05) is 13.1 Å². The van der Waals surface area contributed by atoms with Gasteiger partial charge in [-0.1, -0.05) is 25.0 Å². The Bertz CT molecular complexity index is 958. The molecule has 0 spiro atoms. The number of rotatable bonds is 5. The highest BCUT2D eigenvalue weighted by molar-refractivity contribution is 8.18. The first-order valence-electron chi connectivity index (χ1n) is 11.7. The van der Waals surface area contributed by atoms with Gasteiger partial charge in [-0.15, -0.1) is 0 Å². The van der Waals surface area contributed by atoms with E-state index in [2.05, 4.69) is 21.3 Å². The van der Waals surface area contributed by atoms with Crippen LogP contribution in [0.1, 0.15) is 55.2 Å². The Kier molecular flexibility index (Phi) is 7.99. The number of carbonyl (C=O) groups is 1. The number of aliphatic imine (C=N–C) groups is 1. The Morgan fingerprint density at radius 2 is 1.88 bits per heavy atom. The van der Waals surface area contributed by atoms with E-state index in [-0.39, 0.29) is 22.8 Å². The summed E-state index contributed by atoms with van der Waals surface area (Å²) in [5.41, 5.74) is -0.171. The van der Waals surface area contributed by atoms with E-state index >= 15 is 0 Å². The Hall–Kier alpha value is -1.91. The third-order valence-corrected chi connectivity index (χ3v) is 7.57. The fourth-order valence-corrected chi connectivity index (χ4v) is 5.57. The quantitative estimate of drug-likeness (QED) is 0.531. The standard InChI is InChI=1S/C24H29F4N3O2S/c25-13-17-12-18(24(26,27)28)6-5-16(17)14-31-9-7-15(8-10-31)11-21-22(30-23(33)34-21)29-19-3-1-2-4-20(19)32/h5-6,11-12,15,19-20,32H,1-4,7-10,13-14H2,(H,29,30,33). The molecule has 2 heterocycles. The van der Waals surface area contributed by atoms with E-state index in [1.807, 2.05) is 0 Å². The smallest absolute Gasteiger partial charge is 0.391 e. The summed E-state index contributed by atoms with van der Waals surface area (Å²) >= 11 is 1.12. The van der Waals surface area contributed by atoms with Gasteiger partial charge in [-0.2, -0.15) is 13.2 Å². The van der Waals surface area contributed by atoms with Gasteiger partial charge >= 0.3 is 6.18 Å². The van der Waals surface area contributed by atoms with Crippen LogP contribution in [-0.2, 0) is 19.4 Å². The molecule has 1 saturated carbocycles. The van der Waals surface area contributed by atoms with Crippen molar-refractivity contribution in [3.63, 3.8) is 0 Å². The van der Waals surface area contributed by atoms with E-state index in [1.165, 1.54) is 6.07 Å². The SMILES string of the molecule is O=C1NC(=NC2CCCCC2O)C(=CC2CCN(Cc3ccc(C(F)(F)F)cc3CF)CC2)S1. The molecule has 1 aromatic rings. The van der Waals surface area contributed by atoms with E-state index in [1.54, 1.807) is 0 Å². The number of carbonyl (C=O) groups excluding carboxylic acids is 1. The third kappa shape index (κ3) is 6.20. The average Bonchev–Trinajstić information content (AvgIpc) is 3.14. The van der Waals surface area contributed by atoms with Crippen LogP contribution < -0.4 is 5.32 Å². The summed E-state index contributed by atoms with van der Waals surface area (Å²) in [4.78, 5) is 19.6. The summed E-state index contributed by atoms with van der Waals surface area (Å²) in [5, 5.41) is 12.8. The summed E-state index contributed by atoms with van der Waals surface area (Å²) in [5.74, 6) is 0.780. The Morgan fingerprint density at radius 3 is 2.56 bits per heavy atom. The number of amides is 1. The molecule has 1 aliphatic carbocycles. The number of aliphatic hydroxyl groups excluding tert-OH is 1. The van der Waals surface area contributed by atoms with Crippen LogP contribution in [-0.4, -0.2) is 46.3 Å². The normalized spacial score (nSPS) is 27.5. The minimum Gasteiger partial charge on any atom is -0.391 e. The molecule has 10 heteroatoms. The highest BCUT2D eigenvalue weighted by atomic mass is 32.2. The Labute approximate surface area is 200 Å². The lowest BCUT2D eigenvalue weighted by Gasteiger charge is -2.31. The number of hydrogen-bond acceptors (Lipinski definition) is 5. The van der Waals surface area contributed by atoms with Crippen molar-refractivity contribution >= 4 is 22.8 Å². The molecule has 0 aromatic heterocycles. The molecule has 0 radical (unpaired) electrons. The molecule has 1 aromatic carbocycles. The molecule has 1 amide bonds. The van der Waals surface area contributed by atoms with E-state index < -0.39 is 24.5 Å². The van der Waals surface area contributed by atoms with Gasteiger partial charge in [0.15, 0.2) is 0 Å². The van der Waals surface area contributed by atoms with E-state index in [9.17, 15) is 27.5 Å². The molecule has 2 N–H and O–H groups in total. The highest BCUT2D eigenvalue weighted by Crippen LogP contribution is 2.33. The molecule has 2 unspecified atom stereocenters. The predicted molar refractivity (Wildman–Crippen MR) is 124 cm³/mol. The minimum atomic E-state index is -4.49. The highest BCUT2D eigenvalue weighted by Gasteiger charge is 2.32. The lowest BCUT2D eigenvalue weighted by Crippen LogP contribution is -2.33. The van der Waals surface area contributed by atoms with Gasteiger partial charge < -0.3 is 10.4 Å². The van der Waals surface area contributed by atoms with Crippen LogP contribution in [0.2, 0.25) is 0 Å². The van der Waals surface area contributed by atoms with Crippen molar-refractivity contribution in [1.29, 1.82) is 0 Å². The minimum absolute atomic E-state index is 0.0803. The number of alkyl halides is 4. The van der Waals surface area contributed by atoms with Crippen LogP contribution >= 0.6 is 11.8 Å². The van der Waals surface area contributed by atoms with E-state index in [0.717, 1.165) is 80.4 Å². The zero-order valence-corrected chi connectivity index (χ0v) is 19.6. The molecule has 2 saturated heterocycles. The second-order valence-electron chi connectivity index (χ2n) is 9.17. The molecule has 0 bridgehead atoms. The summed E-state index contributed by atoms with van der Waals surface area (Å²) in [7, 11) is 0. The zero-order valence-electron chi connectivity index (χ0n) is 18.8. The number of halogens is 4. The number of allylic oxidation sites excluding steroid dienone is 1. The van der Waals surface area contributed by atoms with Gasteiger partial charge in [0, 0.05) is 6.54 Å². The zero-order chi connectivity index (χ0) is 24.3. The number of aliphatic hydroxyl groups is 1. The topological polar surface area (TPSA) is 64.9 Å². The number of piperidine rings is 1. The monoisotopic (exact) mass is 499 g/mol. The summed E-state index contributed by atoms with van der Waals surface area (Å²) in [6.45, 7) is 0.918. The summed E-state index contributed by atoms with van der Waals surface area (Å²) < 4.78 is 52.2. The molecule has 186 valence electrons. The third-order valence-electron chi connectivity index (χ3n) is 6.74. The van der Waals surface area contributed by atoms with E-state index in [0.29, 0.717) is 17.9 Å². The van der Waals surface area contributed by atoms with Crippen LogP contribution in [0.15, 0.2) is 34.2 Å². The summed E-state index contributed by atoms with van der Waals surface area (Å²) in [6, 6.07) is 3.09. The van der Waals surface area contributed by atoms with Crippen molar-refractivity contribution in [3.05, 3.63) is 45.9 Å². The van der Waals surface area contributed by atoms with Gasteiger partial charge in [-0.05, 0) is 79.7 Å². The van der Waals surface area contributed by atoms with Crippen LogP contribution in [0.4, 0.5) is 22.4 Å². The average molecular weight is 500 g/mol. The number of nitrogens with zero attached hydrogens (tertiary/aromatic N) is 2. The van der Waals surface area contributed by atoms with Crippen LogP contribution in [0, 0.1) is 5.92 Å². The lowest BCUT2D eigenvalue weighted by molar-refractivity contribution is -0.137. The number of nitrogens with one attached hydrogen (secondary N) is 1. The molecule has 3 fully saturated rings. The number of benzene rings is 1. The fraction of sp³-hybridized carbons (Fsp3) is 0.583. The Balaban J connectivity index is 1.37. The first-order valence-corrected chi connectivity index (χ1v) is 12.5. The first-order chi connectivity index (χ1) is 16.2. The molecule has 5 nitrogen and oxygen atoms in total. The number of hydrogen-bond donors (Lipinski definition) is 2. The van der Waals surface area contributed by atoms with Crippen molar-refractivity contribution in [3.8, 4) is 0 Å². The number of amidine groups is 1. The molecule has 3 aliphatic rings. The van der Waals surface area contributed by atoms with Crippen molar-refractivity contribution in [2.24, 2.45) is 10.9 Å². The van der Waals surface area contributed by atoms with Crippen molar-refractivity contribution < 1.29 is 27.5 Å². The summed E-state index contributed by atoms with van der Waals surface area (Å²) in [6.07, 6.45) is 2.29.